The number of likely N-dealkylation sites (N-methyl/N-ethyl adjacent to an activating group) is 1. The Hall–Kier alpha value is -1.61. The molecule has 0 aliphatic rings. The monoisotopic (exact) mass is 188 g/mol. The maximum atomic E-state index is 11.6. The van der Waals surface area contributed by atoms with Gasteiger partial charge in [-0.2, -0.15) is 0 Å². The number of pyridine rings is 1. The molecule has 72 valence electrons. The summed E-state index contributed by atoms with van der Waals surface area (Å²) in [5, 5.41) is 2.86. The van der Waals surface area contributed by atoms with Crippen LogP contribution in [0.5, 0.6) is 0 Å². The summed E-state index contributed by atoms with van der Waals surface area (Å²) in [4.78, 5) is 11.6. The summed E-state index contributed by atoms with van der Waals surface area (Å²) in [7, 11) is 1.77. The number of Topliss-reactive ketones (excluding diaryl/α,β-unsaturated/α-hetero) is 1. The van der Waals surface area contributed by atoms with Gasteiger partial charge < -0.3 is 9.72 Å². The minimum atomic E-state index is 0.126. The van der Waals surface area contributed by atoms with Crippen LogP contribution in [0.2, 0.25) is 0 Å². The van der Waals surface area contributed by atoms with Crippen molar-refractivity contribution in [2.75, 3.05) is 13.6 Å². The lowest BCUT2D eigenvalue weighted by atomic mass is 10.2. The Morgan fingerprint density at radius 1 is 1.36 bits per heavy atom. The van der Waals surface area contributed by atoms with E-state index < -0.39 is 0 Å². The highest BCUT2D eigenvalue weighted by Crippen LogP contribution is 2.12. The first-order valence-corrected chi connectivity index (χ1v) is 4.56. The molecule has 2 aromatic rings. The van der Waals surface area contributed by atoms with E-state index in [0.29, 0.717) is 6.54 Å². The summed E-state index contributed by atoms with van der Waals surface area (Å²) in [5.41, 5.74) is 1.74. The third-order valence-corrected chi connectivity index (χ3v) is 2.21. The van der Waals surface area contributed by atoms with Crippen LogP contribution in [-0.2, 0) is 0 Å². The number of aromatic nitrogens is 1. The van der Waals surface area contributed by atoms with E-state index in [2.05, 4.69) is 5.32 Å². The van der Waals surface area contributed by atoms with Crippen molar-refractivity contribution >= 4 is 11.3 Å². The number of hydrogen-bond acceptors (Lipinski definition) is 2. The van der Waals surface area contributed by atoms with Crippen LogP contribution in [0, 0.1) is 0 Å². The molecule has 0 radical (unpaired) electrons. The van der Waals surface area contributed by atoms with Crippen LogP contribution < -0.4 is 5.32 Å². The van der Waals surface area contributed by atoms with Crippen molar-refractivity contribution in [3.63, 3.8) is 0 Å². The van der Waals surface area contributed by atoms with Gasteiger partial charge in [0, 0.05) is 18.0 Å². The highest BCUT2D eigenvalue weighted by Gasteiger charge is 2.09. The first-order valence-electron chi connectivity index (χ1n) is 4.56. The molecule has 0 aliphatic carbocycles. The summed E-state index contributed by atoms with van der Waals surface area (Å²) >= 11 is 0. The Labute approximate surface area is 82.4 Å². The number of rotatable bonds is 3. The SMILES string of the molecule is CNCC(=O)c1ccn2ccccc12. The average molecular weight is 188 g/mol. The first kappa shape index (κ1) is 8.97. The van der Waals surface area contributed by atoms with E-state index >= 15 is 0 Å². The molecule has 0 aromatic carbocycles. The number of carbonyl (C=O) groups excluding carboxylic acids is 1. The average Bonchev–Trinajstić information content (AvgIpc) is 2.61. The van der Waals surface area contributed by atoms with E-state index in [0.717, 1.165) is 11.1 Å². The van der Waals surface area contributed by atoms with E-state index in [9.17, 15) is 4.79 Å². The highest BCUT2D eigenvalue weighted by atomic mass is 16.1. The third kappa shape index (κ3) is 1.42. The van der Waals surface area contributed by atoms with E-state index in [1.807, 2.05) is 41.1 Å². The summed E-state index contributed by atoms with van der Waals surface area (Å²) in [6.07, 6.45) is 3.84. The van der Waals surface area contributed by atoms with Crippen molar-refractivity contribution < 1.29 is 4.79 Å². The number of nitrogens with one attached hydrogen (secondary N) is 1. The van der Waals surface area contributed by atoms with Gasteiger partial charge in [0.1, 0.15) is 0 Å². The Balaban J connectivity index is 2.47. The predicted molar refractivity (Wildman–Crippen MR) is 55.7 cm³/mol. The lowest BCUT2D eigenvalue weighted by Gasteiger charge is -1.98. The summed E-state index contributed by atoms with van der Waals surface area (Å²) in [5.74, 6) is 0.126. The molecule has 0 unspecified atom stereocenters. The van der Waals surface area contributed by atoms with Gasteiger partial charge in [-0.15, -0.1) is 0 Å². The van der Waals surface area contributed by atoms with Gasteiger partial charge in [0.25, 0.3) is 0 Å². The van der Waals surface area contributed by atoms with Crippen LogP contribution in [-0.4, -0.2) is 23.8 Å². The highest BCUT2D eigenvalue weighted by molar-refractivity contribution is 6.03. The first-order chi connectivity index (χ1) is 6.83. The molecule has 1 N–H and O–H groups in total. The molecule has 0 spiro atoms. The molecule has 0 fully saturated rings. The Kier molecular flexibility index (Phi) is 2.33. The molecule has 14 heavy (non-hydrogen) atoms. The summed E-state index contributed by atoms with van der Waals surface area (Å²) in [6, 6.07) is 7.68. The minimum Gasteiger partial charge on any atom is -0.323 e. The molecular weight excluding hydrogens is 176 g/mol. The second-order valence-corrected chi connectivity index (χ2v) is 3.18. The van der Waals surface area contributed by atoms with Gasteiger partial charge >= 0.3 is 0 Å². The molecule has 0 saturated carbocycles. The van der Waals surface area contributed by atoms with E-state index in [1.54, 1.807) is 7.05 Å². The van der Waals surface area contributed by atoms with E-state index in [-0.39, 0.29) is 5.78 Å². The maximum absolute atomic E-state index is 11.6. The van der Waals surface area contributed by atoms with Crippen molar-refractivity contribution in [2.24, 2.45) is 0 Å². The molecule has 2 aromatic heterocycles. The molecule has 2 heterocycles. The van der Waals surface area contributed by atoms with Crippen LogP contribution in [0.15, 0.2) is 36.7 Å². The molecule has 3 heteroatoms. The molecule has 0 aliphatic heterocycles. The lowest BCUT2D eigenvalue weighted by molar-refractivity contribution is 0.0995. The van der Waals surface area contributed by atoms with Crippen LogP contribution in [0.25, 0.3) is 5.52 Å². The van der Waals surface area contributed by atoms with Crippen molar-refractivity contribution in [3.05, 3.63) is 42.2 Å². The minimum absolute atomic E-state index is 0.126. The molecule has 3 nitrogen and oxygen atoms in total. The molecule has 0 saturated heterocycles. The largest absolute Gasteiger partial charge is 0.323 e. The standard InChI is InChI=1S/C11H12N2O/c1-12-8-11(14)9-5-7-13-6-3-2-4-10(9)13/h2-7,12H,8H2,1H3. The van der Waals surface area contributed by atoms with Crippen LogP contribution in [0.4, 0.5) is 0 Å². The second kappa shape index (κ2) is 3.64. The second-order valence-electron chi connectivity index (χ2n) is 3.18. The van der Waals surface area contributed by atoms with Crippen molar-refractivity contribution in [3.8, 4) is 0 Å². The molecule has 0 atom stereocenters. The fourth-order valence-corrected chi connectivity index (χ4v) is 1.55. The zero-order chi connectivity index (χ0) is 9.97. The number of ketones is 1. The van der Waals surface area contributed by atoms with E-state index in [1.165, 1.54) is 0 Å². The number of nitrogens with zero attached hydrogens (tertiary/aromatic N) is 1. The number of carbonyl (C=O) groups is 1. The van der Waals surface area contributed by atoms with Crippen molar-refractivity contribution in [1.82, 2.24) is 9.72 Å². The van der Waals surface area contributed by atoms with Gasteiger partial charge in [0.05, 0.1) is 12.1 Å². The third-order valence-electron chi connectivity index (χ3n) is 2.21. The van der Waals surface area contributed by atoms with Crippen LogP contribution in [0.1, 0.15) is 10.4 Å². The Bertz CT molecular complexity index is 459. The predicted octanol–water partition coefficient (Wildman–Crippen LogP) is 1.34. The van der Waals surface area contributed by atoms with Crippen LogP contribution >= 0.6 is 0 Å². The fourth-order valence-electron chi connectivity index (χ4n) is 1.55. The Morgan fingerprint density at radius 3 is 3.00 bits per heavy atom. The number of hydrogen-bond donors (Lipinski definition) is 1. The summed E-state index contributed by atoms with van der Waals surface area (Å²) < 4.78 is 1.95. The van der Waals surface area contributed by atoms with Crippen LogP contribution in [0.3, 0.4) is 0 Å². The van der Waals surface area contributed by atoms with Gasteiger partial charge in [0.2, 0.25) is 0 Å². The van der Waals surface area contributed by atoms with Crippen molar-refractivity contribution in [2.45, 2.75) is 0 Å². The molecule has 2 rings (SSSR count). The fraction of sp³-hybridized carbons (Fsp3) is 0.182. The maximum Gasteiger partial charge on any atom is 0.178 e. The lowest BCUT2D eigenvalue weighted by Crippen LogP contribution is -2.18. The van der Waals surface area contributed by atoms with Gasteiger partial charge in [-0.05, 0) is 25.2 Å². The molecular formula is C11H12N2O. The Morgan fingerprint density at radius 2 is 2.21 bits per heavy atom. The van der Waals surface area contributed by atoms with Gasteiger partial charge in [-0.1, -0.05) is 6.07 Å². The zero-order valence-electron chi connectivity index (χ0n) is 8.03. The smallest absolute Gasteiger partial charge is 0.178 e. The van der Waals surface area contributed by atoms with Gasteiger partial charge in [-0.25, -0.2) is 0 Å². The molecule has 0 bridgehead atoms. The van der Waals surface area contributed by atoms with E-state index in [4.69, 9.17) is 0 Å². The quantitative estimate of drug-likeness (QED) is 0.737. The van der Waals surface area contributed by atoms with Crippen molar-refractivity contribution in [1.29, 1.82) is 0 Å². The zero-order valence-corrected chi connectivity index (χ0v) is 8.03. The summed E-state index contributed by atoms with van der Waals surface area (Å²) in [6.45, 7) is 0.383. The van der Waals surface area contributed by atoms with Gasteiger partial charge in [-0.3, -0.25) is 4.79 Å². The normalized spacial score (nSPS) is 10.6. The van der Waals surface area contributed by atoms with Gasteiger partial charge in [0.15, 0.2) is 5.78 Å². The number of fused-ring (bicyclic) bond motifs is 1. The molecule has 0 amide bonds. The topological polar surface area (TPSA) is 33.5 Å².